The van der Waals surface area contributed by atoms with Crippen molar-refractivity contribution in [3.05, 3.63) is 35.4 Å². The van der Waals surface area contributed by atoms with Gasteiger partial charge in [-0.15, -0.1) is 0 Å². The summed E-state index contributed by atoms with van der Waals surface area (Å²) in [5, 5.41) is 3.60. The van der Waals surface area contributed by atoms with Crippen molar-refractivity contribution in [1.82, 2.24) is 5.32 Å². The molecule has 0 radical (unpaired) electrons. The molecule has 0 amide bonds. The van der Waals surface area contributed by atoms with Crippen molar-refractivity contribution in [3.8, 4) is 0 Å². The van der Waals surface area contributed by atoms with E-state index in [1.54, 1.807) is 12.1 Å². The van der Waals surface area contributed by atoms with E-state index in [-0.39, 0.29) is 0 Å². The first-order chi connectivity index (χ1) is 9.72. The molecule has 3 heteroatoms. The third-order valence-corrected chi connectivity index (χ3v) is 4.38. The van der Waals surface area contributed by atoms with E-state index in [0.29, 0.717) is 23.9 Å². The van der Waals surface area contributed by atoms with Gasteiger partial charge in [-0.05, 0) is 56.2 Å². The summed E-state index contributed by atoms with van der Waals surface area (Å²) in [5.74, 6) is -0.701. The van der Waals surface area contributed by atoms with E-state index in [1.165, 1.54) is 31.7 Å². The highest BCUT2D eigenvalue weighted by Gasteiger charge is 2.24. The first-order valence-electron chi connectivity index (χ1n) is 7.88. The Kier molecular flexibility index (Phi) is 5.96. The fourth-order valence-electron chi connectivity index (χ4n) is 3.25. The second-order valence-electron chi connectivity index (χ2n) is 5.86. The molecule has 0 saturated heterocycles. The molecular weight excluding hydrogens is 256 g/mol. The summed E-state index contributed by atoms with van der Waals surface area (Å²) in [4.78, 5) is 0. The summed E-state index contributed by atoms with van der Waals surface area (Å²) in [7, 11) is 0. The van der Waals surface area contributed by atoms with Gasteiger partial charge in [0.2, 0.25) is 0 Å². The topological polar surface area (TPSA) is 12.0 Å². The molecule has 112 valence electrons. The molecule has 1 aliphatic carbocycles. The summed E-state index contributed by atoms with van der Waals surface area (Å²) in [6.45, 7) is 3.16. The highest BCUT2D eigenvalue weighted by Crippen LogP contribution is 2.30. The molecule has 1 fully saturated rings. The van der Waals surface area contributed by atoms with Crippen LogP contribution in [-0.2, 0) is 6.42 Å². The summed E-state index contributed by atoms with van der Waals surface area (Å²) < 4.78 is 26.9. The lowest BCUT2D eigenvalue weighted by molar-refractivity contribution is 0.339. The Balaban J connectivity index is 1.95. The van der Waals surface area contributed by atoms with Gasteiger partial charge in [0, 0.05) is 6.04 Å². The number of hydrogen-bond acceptors (Lipinski definition) is 1. The minimum Gasteiger partial charge on any atom is -0.314 e. The van der Waals surface area contributed by atoms with Gasteiger partial charge in [0.25, 0.3) is 0 Å². The van der Waals surface area contributed by atoms with Gasteiger partial charge in [0.05, 0.1) is 0 Å². The predicted molar refractivity (Wildman–Crippen MR) is 78.7 cm³/mol. The number of halogens is 2. The Hall–Kier alpha value is -0.960. The van der Waals surface area contributed by atoms with Crippen molar-refractivity contribution in [2.75, 3.05) is 6.54 Å². The van der Waals surface area contributed by atoms with Crippen molar-refractivity contribution in [2.24, 2.45) is 5.92 Å². The average molecular weight is 281 g/mol. The van der Waals surface area contributed by atoms with E-state index < -0.39 is 11.6 Å². The normalized spacial score (nSPS) is 17.6. The van der Waals surface area contributed by atoms with Gasteiger partial charge in [-0.2, -0.15) is 0 Å². The highest BCUT2D eigenvalue weighted by atomic mass is 19.2. The molecule has 0 aliphatic heterocycles. The van der Waals surface area contributed by atoms with Gasteiger partial charge in [-0.3, -0.25) is 0 Å². The summed E-state index contributed by atoms with van der Waals surface area (Å²) in [5.41, 5.74) is 0.506. The minimum atomic E-state index is -0.735. The molecule has 1 N–H and O–H groups in total. The van der Waals surface area contributed by atoms with E-state index in [4.69, 9.17) is 0 Å². The Morgan fingerprint density at radius 1 is 1.25 bits per heavy atom. The van der Waals surface area contributed by atoms with Crippen LogP contribution in [0.25, 0.3) is 0 Å². The standard InChI is InChI=1S/C17H25F2N/c1-2-12-20-16(13-6-3-4-7-13)11-10-14-8-5-9-15(18)17(14)19/h5,8-9,13,16,20H,2-4,6-7,10-12H2,1H3. The SMILES string of the molecule is CCCNC(CCc1cccc(F)c1F)C1CCCC1. The van der Waals surface area contributed by atoms with Crippen molar-refractivity contribution >= 4 is 0 Å². The average Bonchev–Trinajstić information content (AvgIpc) is 2.97. The zero-order chi connectivity index (χ0) is 14.4. The van der Waals surface area contributed by atoms with Crippen molar-refractivity contribution in [1.29, 1.82) is 0 Å². The van der Waals surface area contributed by atoms with E-state index in [0.717, 1.165) is 19.4 Å². The van der Waals surface area contributed by atoms with E-state index in [9.17, 15) is 8.78 Å². The second-order valence-corrected chi connectivity index (χ2v) is 5.86. The lowest BCUT2D eigenvalue weighted by atomic mass is 9.92. The minimum absolute atomic E-state index is 0.445. The Labute approximate surface area is 120 Å². The van der Waals surface area contributed by atoms with Gasteiger partial charge < -0.3 is 5.32 Å². The van der Waals surface area contributed by atoms with Gasteiger partial charge >= 0.3 is 0 Å². The molecule has 1 unspecified atom stereocenters. The molecule has 1 saturated carbocycles. The van der Waals surface area contributed by atoms with Crippen LogP contribution in [0.4, 0.5) is 8.78 Å². The Bertz CT molecular complexity index is 413. The third kappa shape index (κ3) is 4.02. The Morgan fingerprint density at radius 3 is 2.70 bits per heavy atom. The van der Waals surface area contributed by atoms with E-state index in [1.807, 2.05) is 0 Å². The third-order valence-electron chi connectivity index (χ3n) is 4.38. The molecule has 0 aromatic heterocycles. The maximum atomic E-state index is 13.7. The lowest BCUT2D eigenvalue weighted by Crippen LogP contribution is -2.36. The van der Waals surface area contributed by atoms with Crippen molar-refractivity contribution < 1.29 is 8.78 Å². The van der Waals surface area contributed by atoms with Crippen LogP contribution >= 0.6 is 0 Å². The smallest absolute Gasteiger partial charge is 0.162 e. The van der Waals surface area contributed by atoms with Crippen LogP contribution in [0.15, 0.2) is 18.2 Å². The molecule has 1 atom stereocenters. The van der Waals surface area contributed by atoms with E-state index >= 15 is 0 Å². The van der Waals surface area contributed by atoms with Crippen LogP contribution < -0.4 is 5.32 Å². The summed E-state index contributed by atoms with van der Waals surface area (Å²) in [6, 6.07) is 4.92. The van der Waals surface area contributed by atoms with Crippen LogP contribution in [0.1, 0.15) is 51.0 Å². The molecule has 1 nitrogen and oxygen atoms in total. The molecule has 20 heavy (non-hydrogen) atoms. The number of nitrogens with one attached hydrogen (secondary N) is 1. The van der Waals surface area contributed by atoms with Crippen LogP contribution in [-0.4, -0.2) is 12.6 Å². The first-order valence-corrected chi connectivity index (χ1v) is 7.88. The Morgan fingerprint density at radius 2 is 2.00 bits per heavy atom. The molecule has 1 aromatic carbocycles. The van der Waals surface area contributed by atoms with Crippen LogP contribution in [0.3, 0.4) is 0 Å². The largest absolute Gasteiger partial charge is 0.314 e. The second kappa shape index (κ2) is 7.72. The monoisotopic (exact) mass is 281 g/mol. The molecule has 0 spiro atoms. The maximum Gasteiger partial charge on any atom is 0.162 e. The molecule has 0 heterocycles. The fraction of sp³-hybridized carbons (Fsp3) is 0.647. The lowest BCUT2D eigenvalue weighted by Gasteiger charge is -2.25. The quantitative estimate of drug-likeness (QED) is 0.778. The number of rotatable bonds is 7. The van der Waals surface area contributed by atoms with E-state index in [2.05, 4.69) is 12.2 Å². The summed E-state index contributed by atoms with van der Waals surface area (Å²) in [6.07, 6.45) is 7.77. The van der Waals surface area contributed by atoms with Crippen LogP contribution in [0.5, 0.6) is 0 Å². The predicted octanol–water partition coefficient (Wildman–Crippen LogP) is 4.46. The van der Waals surface area contributed by atoms with Gasteiger partial charge in [-0.25, -0.2) is 8.78 Å². The zero-order valence-corrected chi connectivity index (χ0v) is 12.3. The fourth-order valence-corrected chi connectivity index (χ4v) is 3.25. The number of hydrogen-bond donors (Lipinski definition) is 1. The van der Waals surface area contributed by atoms with Crippen molar-refractivity contribution in [3.63, 3.8) is 0 Å². The highest BCUT2D eigenvalue weighted by molar-refractivity contribution is 5.19. The number of benzene rings is 1. The van der Waals surface area contributed by atoms with Gasteiger partial charge in [0.1, 0.15) is 0 Å². The van der Waals surface area contributed by atoms with Crippen molar-refractivity contribution in [2.45, 2.75) is 57.9 Å². The molecule has 0 bridgehead atoms. The first kappa shape index (κ1) is 15.4. The van der Waals surface area contributed by atoms with Crippen LogP contribution in [0, 0.1) is 17.6 Å². The summed E-state index contributed by atoms with van der Waals surface area (Å²) >= 11 is 0. The molecular formula is C17H25F2N. The van der Waals surface area contributed by atoms with Gasteiger partial charge in [0.15, 0.2) is 11.6 Å². The maximum absolute atomic E-state index is 13.7. The molecule has 1 aromatic rings. The molecule has 2 rings (SSSR count). The zero-order valence-electron chi connectivity index (χ0n) is 12.3. The number of aryl methyl sites for hydroxylation is 1. The van der Waals surface area contributed by atoms with Gasteiger partial charge in [-0.1, -0.05) is 31.9 Å². The molecule has 1 aliphatic rings. The van der Waals surface area contributed by atoms with Crippen LogP contribution in [0.2, 0.25) is 0 Å².